The van der Waals surface area contributed by atoms with E-state index in [1.807, 2.05) is 0 Å². The highest BCUT2D eigenvalue weighted by molar-refractivity contribution is 6.59. The molecule has 0 saturated heterocycles. The van der Waals surface area contributed by atoms with E-state index in [-0.39, 0.29) is 0 Å². The largest absolute Gasteiger partial charge is 0.497 e. The van der Waals surface area contributed by atoms with Crippen molar-refractivity contribution in [2.45, 2.75) is 44.8 Å². The molecular weight excluding hydrogens is 243 g/mol. The van der Waals surface area contributed by atoms with Crippen LogP contribution in [0.25, 0.3) is 0 Å². The second-order valence-electron chi connectivity index (χ2n) is 5.01. The third-order valence-electron chi connectivity index (χ3n) is 3.66. The van der Waals surface area contributed by atoms with Gasteiger partial charge < -0.3 is 19.5 Å². The molecule has 5 heteroatoms. The highest BCUT2D eigenvalue weighted by Crippen LogP contribution is 2.22. The molecule has 0 aliphatic heterocycles. The van der Waals surface area contributed by atoms with Gasteiger partial charge in [-0.25, -0.2) is 0 Å². The molecule has 1 aromatic carbocycles. The van der Waals surface area contributed by atoms with Gasteiger partial charge in [0.1, 0.15) is 5.75 Å². The van der Waals surface area contributed by atoms with Crippen LogP contribution >= 0.6 is 0 Å². The van der Waals surface area contributed by atoms with Crippen LogP contribution in [0.1, 0.15) is 37.7 Å². The monoisotopic (exact) mass is 264 g/mol. The summed E-state index contributed by atoms with van der Waals surface area (Å²) in [4.78, 5) is 0. The zero-order valence-electron chi connectivity index (χ0n) is 11.3. The van der Waals surface area contributed by atoms with Crippen LogP contribution in [-0.4, -0.2) is 30.4 Å². The van der Waals surface area contributed by atoms with E-state index >= 15 is 0 Å². The van der Waals surface area contributed by atoms with Crippen molar-refractivity contribution in [3.8, 4) is 5.75 Å². The first kappa shape index (κ1) is 14.4. The highest BCUT2D eigenvalue weighted by Gasteiger charge is 2.19. The topological polar surface area (TPSA) is 58.9 Å². The van der Waals surface area contributed by atoms with Crippen molar-refractivity contribution in [2.75, 3.05) is 7.11 Å². The van der Waals surface area contributed by atoms with Crippen molar-refractivity contribution in [3.63, 3.8) is 0 Å². The second kappa shape index (κ2) is 6.94. The minimum Gasteiger partial charge on any atom is -0.497 e. The maximum absolute atomic E-state index is 9.36. The Labute approximate surface area is 114 Å². The van der Waals surface area contributed by atoms with Gasteiger partial charge in [0.15, 0.2) is 0 Å². The molecule has 0 bridgehead atoms. The number of hydrogen-bond acceptors (Lipinski definition) is 4. The van der Waals surface area contributed by atoms with Crippen molar-refractivity contribution < 1.29 is 19.5 Å². The van der Waals surface area contributed by atoms with Crippen molar-refractivity contribution in [1.29, 1.82) is 0 Å². The van der Waals surface area contributed by atoms with Gasteiger partial charge in [-0.2, -0.15) is 0 Å². The molecule has 0 unspecified atom stereocenters. The molecule has 1 aliphatic carbocycles. The van der Waals surface area contributed by atoms with Crippen LogP contribution in [0.15, 0.2) is 18.2 Å². The Morgan fingerprint density at radius 1 is 1.21 bits per heavy atom. The predicted molar refractivity (Wildman–Crippen MR) is 74.5 cm³/mol. The van der Waals surface area contributed by atoms with Gasteiger partial charge in [0.05, 0.1) is 19.8 Å². The van der Waals surface area contributed by atoms with Gasteiger partial charge in [-0.15, -0.1) is 0 Å². The minimum absolute atomic E-state index is 0.295. The van der Waals surface area contributed by atoms with E-state index in [9.17, 15) is 10.0 Å². The fraction of sp³-hybridized carbons (Fsp3) is 0.571. The van der Waals surface area contributed by atoms with E-state index in [2.05, 4.69) is 0 Å². The summed E-state index contributed by atoms with van der Waals surface area (Å²) in [5, 5.41) is 18.7. The summed E-state index contributed by atoms with van der Waals surface area (Å²) >= 11 is 0. The van der Waals surface area contributed by atoms with Crippen molar-refractivity contribution in [2.24, 2.45) is 0 Å². The fourth-order valence-electron chi connectivity index (χ4n) is 2.53. The first-order chi connectivity index (χ1) is 9.20. The molecule has 0 atom stereocenters. The summed E-state index contributed by atoms with van der Waals surface area (Å²) in [6.45, 7) is 0.398. The number of benzene rings is 1. The molecule has 1 aromatic rings. The first-order valence-corrected chi connectivity index (χ1v) is 6.85. The number of hydrogen-bond donors (Lipinski definition) is 2. The van der Waals surface area contributed by atoms with Gasteiger partial charge in [0.2, 0.25) is 0 Å². The van der Waals surface area contributed by atoms with Crippen LogP contribution in [0, 0.1) is 0 Å². The van der Waals surface area contributed by atoms with Crippen LogP contribution in [-0.2, 0) is 11.3 Å². The smallest absolute Gasteiger partial charge is 0.488 e. The Morgan fingerprint density at radius 2 is 1.95 bits per heavy atom. The van der Waals surface area contributed by atoms with Gasteiger partial charge >= 0.3 is 7.12 Å². The van der Waals surface area contributed by atoms with E-state index in [1.54, 1.807) is 25.3 Å². The predicted octanol–water partition coefficient (Wildman–Crippen LogP) is 1.22. The lowest BCUT2D eigenvalue weighted by molar-refractivity contribution is 0.0171. The Morgan fingerprint density at radius 3 is 2.58 bits per heavy atom. The lowest BCUT2D eigenvalue weighted by Gasteiger charge is -2.22. The maximum Gasteiger partial charge on any atom is 0.488 e. The molecule has 2 rings (SSSR count). The van der Waals surface area contributed by atoms with E-state index < -0.39 is 7.12 Å². The molecule has 0 amide bonds. The third-order valence-corrected chi connectivity index (χ3v) is 3.66. The summed E-state index contributed by atoms with van der Waals surface area (Å²) in [5.74, 6) is 0.701. The van der Waals surface area contributed by atoms with Crippen molar-refractivity contribution in [1.82, 2.24) is 0 Å². The SMILES string of the molecule is COc1ccc(B(O)O)c(COC2CCCCC2)c1. The lowest BCUT2D eigenvalue weighted by atomic mass is 9.77. The number of ether oxygens (including phenoxy) is 2. The summed E-state index contributed by atoms with van der Waals surface area (Å²) in [7, 11) is 0.117. The summed E-state index contributed by atoms with van der Waals surface area (Å²) in [6, 6.07) is 5.19. The van der Waals surface area contributed by atoms with Crippen LogP contribution in [0.5, 0.6) is 5.75 Å². The second-order valence-corrected chi connectivity index (χ2v) is 5.01. The molecule has 1 fully saturated rings. The fourth-order valence-corrected chi connectivity index (χ4v) is 2.53. The van der Waals surface area contributed by atoms with Crippen molar-refractivity contribution in [3.05, 3.63) is 23.8 Å². The molecule has 1 saturated carbocycles. The van der Waals surface area contributed by atoms with Crippen LogP contribution in [0.4, 0.5) is 0 Å². The van der Waals surface area contributed by atoms with Gasteiger partial charge in [-0.1, -0.05) is 25.3 Å². The molecule has 0 heterocycles. The molecule has 2 N–H and O–H groups in total. The number of rotatable bonds is 5. The third kappa shape index (κ3) is 3.96. The molecule has 0 aromatic heterocycles. The van der Waals surface area contributed by atoms with Crippen LogP contribution in [0.2, 0.25) is 0 Å². The molecule has 1 aliphatic rings. The Bertz CT molecular complexity index is 402. The normalized spacial score (nSPS) is 16.4. The van der Waals surface area contributed by atoms with E-state index in [1.165, 1.54) is 19.3 Å². The summed E-state index contributed by atoms with van der Waals surface area (Å²) in [6.07, 6.45) is 6.22. The highest BCUT2D eigenvalue weighted by atomic mass is 16.5. The quantitative estimate of drug-likeness (QED) is 0.785. The van der Waals surface area contributed by atoms with Gasteiger partial charge in [-0.3, -0.25) is 0 Å². The average molecular weight is 264 g/mol. The first-order valence-electron chi connectivity index (χ1n) is 6.85. The molecule has 104 valence electrons. The standard InChI is InChI=1S/C14H21BO4/c1-18-13-7-8-14(15(16)17)11(9-13)10-19-12-5-3-2-4-6-12/h7-9,12,16-17H,2-6,10H2,1H3. The summed E-state index contributed by atoms with van der Waals surface area (Å²) < 4.78 is 11.0. The van der Waals surface area contributed by atoms with Crippen LogP contribution in [0.3, 0.4) is 0 Å². The minimum atomic E-state index is -1.48. The van der Waals surface area contributed by atoms with Crippen LogP contribution < -0.4 is 10.2 Å². The van der Waals surface area contributed by atoms with Gasteiger partial charge in [0, 0.05) is 0 Å². The Kier molecular flexibility index (Phi) is 5.25. The molecule has 0 spiro atoms. The van der Waals surface area contributed by atoms with Gasteiger partial charge in [-0.05, 0) is 36.0 Å². The summed E-state index contributed by atoms with van der Waals surface area (Å²) in [5.41, 5.74) is 1.26. The zero-order chi connectivity index (χ0) is 13.7. The Balaban J connectivity index is 2.03. The average Bonchev–Trinajstić information content (AvgIpc) is 2.45. The Hall–Kier alpha value is -1.04. The van der Waals surface area contributed by atoms with E-state index in [4.69, 9.17) is 9.47 Å². The number of methoxy groups -OCH3 is 1. The molecular formula is C14H21BO4. The van der Waals surface area contributed by atoms with Crippen molar-refractivity contribution >= 4 is 12.6 Å². The molecule has 19 heavy (non-hydrogen) atoms. The molecule has 0 radical (unpaired) electrons. The van der Waals surface area contributed by atoms with E-state index in [0.717, 1.165) is 18.4 Å². The zero-order valence-corrected chi connectivity index (χ0v) is 11.3. The lowest BCUT2D eigenvalue weighted by Crippen LogP contribution is -2.33. The molecule has 4 nitrogen and oxygen atoms in total. The van der Waals surface area contributed by atoms with Gasteiger partial charge in [0.25, 0.3) is 0 Å². The maximum atomic E-state index is 9.36. The van der Waals surface area contributed by atoms with E-state index in [0.29, 0.717) is 23.9 Å².